The number of fused-ring (bicyclic) bond motifs is 2. The number of Topliss-reactive ketones (excluding diaryl/α,β-unsaturated/α-hetero) is 1. The number of hydrogen-bond acceptors (Lipinski definition) is 7. The lowest BCUT2D eigenvalue weighted by molar-refractivity contribution is -0.135. The summed E-state index contributed by atoms with van der Waals surface area (Å²) in [5.74, 6) is -2.05. The molecule has 1 aromatic heterocycles. The van der Waals surface area contributed by atoms with E-state index < -0.39 is 24.0 Å². The number of aryl methyl sites for hydroxylation is 2. The van der Waals surface area contributed by atoms with Gasteiger partial charge in [0.25, 0.3) is 5.56 Å². The number of ketones is 1. The van der Waals surface area contributed by atoms with Gasteiger partial charge in [0.2, 0.25) is 0 Å². The number of ether oxygens (including phenoxy) is 2. The lowest BCUT2D eigenvalue weighted by Crippen LogP contribution is -2.32. The second kappa shape index (κ2) is 11.0. The Morgan fingerprint density at radius 3 is 2.68 bits per heavy atom. The summed E-state index contributed by atoms with van der Waals surface area (Å²) in [7, 11) is 0. The Hall–Kier alpha value is -4.20. The van der Waals surface area contributed by atoms with E-state index in [-0.39, 0.29) is 40.4 Å². The first kappa shape index (κ1) is 27.0. The van der Waals surface area contributed by atoms with Crippen molar-refractivity contribution in [3.8, 4) is 11.5 Å². The maximum Gasteiger partial charge on any atom is 0.342 e. The topological polar surface area (TPSA) is 112 Å². The zero-order chi connectivity index (χ0) is 28.7. The highest BCUT2D eigenvalue weighted by Crippen LogP contribution is 2.47. The number of para-hydroxylation sites is 1. The van der Waals surface area contributed by atoms with E-state index in [2.05, 4.69) is 0 Å². The van der Waals surface area contributed by atoms with Gasteiger partial charge in [0.15, 0.2) is 0 Å². The van der Waals surface area contributed by atoms with E-state index in [0.29, 0.717) is 56.2 Å². The largest absolute Gasteiger partial charge is 0.507 e. The first-order valence-electron chi connectivity index (χ1n) is 14.5. The number of phenolic OH excluding ortho intramolecular Hbond substituents is 1. The van der Waals surface area contributed by atoms with Crippen LogP contribution in [0.4, 0.5) is 0 Å². The van der Waals surface area contributed by atoms with Crippen molar-refractivity contribution in [3.63, 3.8) is 0 Å². The molecule has 0 spiro atoms. The van der Waals surface area contributed by atoms with Crippen LogP contribution in [-0.2, 0) is 27.3 Å². The molecule has 212 valence electrons. The second-order valence-corrected chi connectivity index (χ2v) is 11.3. The van der Waals surface area contributed by atoms with Crippen molar-refractivity contribution in [1.82, 2.24) is 4.57 Å². The van der Waals surface area contributed by atoms with Gasteiger partial charge in [-0.05, 0) is 74.1 Å². The summed E-state index contributed by atoms with van der Waals surface area (Å²) in [4.78, 5) is 52.3. The van der Waals surface area contributed by atoms with Gasteiger partial charge in [-0.15, -0.1) is 0 Å². The van der Waals surface area contributed by atoms with E-state index in [1.54, 1.807) is 23.6 Å². The summed E-state index contributed by atoms with van der Waals surface area (Å²) in [6.45, 7) is 2.33. The number of aromatic hydroxyl groups is 1. The van der Waals surface area contributed by atoms with Crippen molar-refractivity contribution in [1.29, 1.82) is 0 Å². The van der Waals surface area contributed by atoms with Crippen LogP contribution < -0.4 is 10.3 Å². The molecule has 2 aromatic carbocycles. The molecule has 3 aliphatic heterocycles. The molecule has 0 aliphatic carbocycles. The first-order chi connectivity index (χ1) is 19.8. The van der Waals surface area contributed by atoms with Crippen LogP contribution in [0.5, 0.6) is 11.5 Å². The molecule has 6 rings (SSSR count). The van der Waals surface area contributed by atoms with E-state index in [0.717, 1.165) is 29.3 Å². The minimum absolute atomic E-state index is 0.0209. The van der Waals surface area contributed by atoms with Gasteiger partial charge in [-0.3, -0.25) is 14.4 Å². The fraction of sp³-hybridized carbons (Fsp3) is 0.394. The highest BCUT2D eigenvalue weighted by Gasteiger charge is 2.37. The van der Waals surface area contributed by atoms with Crippen molar-refractivity contribution in [2.24, 2.45) is 0 Å². The minimum atomic E-state index is -0.795. The Kier molecular flexibility index (Phi) is 7.24. The number of carbonyl (C=O) groups excluding carboxylic acids is 3. The van der Waals surface area contributed by atoms with E-state index in [1.165, 1.54) is 0 Å². The number of hydrogen-bond donors (Lipinski definition) is 1. The van der Waals surface area contributed by atoms with Gasteiger partial charge in [0.05, 0.1) is 18.0 Å². The highest BCUT2D eigenvalue weighted by molar-refractivity contribution is 5.99. The summed E-state index contributed by atoms with van der Waals surface area (Å²) >= 11 is 0. The summed E-state index contributed by atoms with van der Waals surface area (Å²) in [5, 5.41) is 12.6. The molecule has 3 aromatic rings. The van der Waals surface area contributed by atoms with Gasteiger partial charge >= 0.3 is 11.9 Å². The third-order valence-electron chi connectivity index (χ3n) is 8.41. The Morgan fingerprint density at radius 1 is 1.00 bits per heavy atom. The van der Waals surface area contributed by atoms with Gasteiger partial charge in [-0.1, -0.05) is 30.4 Å². The van der Waals surface area contributed by atoms with E-state index in [9.17, 15) is 24.3 Å². The zero-order valence-electron chi connectivity index (χ0n) is 23.1. The molecule has 4 heterocycles. The fourth-order valence-electron chi connectivity index (χ4n) is 6.42. The lowest BCUT2D eigenvalue weighted by atomic mass is 9.83. The third kappa shape index (κ3) is 5.07. The second-order valence-electron chi connectivity index (χ2n) is 11.3. The Bertz CT molecular complexity index is 1660. The van der Waals surface area contributed by atoms with Gasteiger partial charge in [-0.25, -0.2) is 4.79 Å². The molecule has 3 aliphatic rings. The van der Waals surface area contributed by atoms with Gasteiger partial charge in [0, 0.05) is 36.4 Å². The molecule has 1 N–H and O–H groups in total. The van der Waals surface area contributed by atoms with Crippen molar-refractivity contribution in [2.75, 3.05) is 0 Å². The molecule has 2 atom stereocenters. The summed E-state index contributed by atoms with van der Waals surface area (Å²) in [6.07, 6.45) is 7.97. The summed E-state index contributed by atoms with van der Waals surface area (Å²) in [5.41, 5.74) is 2.77. The fourth-order valence-corrected chi connectivity index (χ4v) is 6.42. The number of cyclic esters (lactones) is 1. The predicted molar refractivity (Wildman–Crippen MR) is 153 cm³/mol. The molecule has 0 radical (unpaired) electrons. The first-order valence-corrected chi connectivity index (χ1v) is 14.5. The highest BCUT2D eigenvalue weighted by atomic mass is 16.5. The van der Waals surface area contributed by atoms with Crippen LogP contribution in [-0.4, -0.2) is 33.5 Å². The number of carbonyl (C=O) groups is 3. The molecular weight excluding hydrogens is 522 g/mol. The standard InChI is InChI=1S/C33H33NO7/c1-19-8-5-14-23(35)13-4-2-3-9-21-17-26-29(31(37)28(21)33(39)40-19)24(18-27(36)41-26)25-16-22-11-6-10-20-12-7-15-34(30(20)22)32(25)38/h3,6,9-11,16-17,19,24,37H,2,4-5,7-8,12-15,18H2,1H3/t19-,24-/m0/s1. The van der Waals surface area contributed by atoms with Crippen molar-refractivity contribution in [2.45, 2.75) is 83.3 Å². The maximum absolute atomic E-state index is 13.9. The third-order valence-corrected chi connectivity index (χ3v) is 8.41. The Labute approximate surface area is 237 Å². The quantitative estimate of drug-likeness (QED) is 0.308. The monoisotopic (exact) mass is 555 g/mol. The van der Waals surface area contributed by atoms with Crippen molar-refractivity contribution < 1.29 is 29.0 Å². The minimum Gasteiger partial charge on any atom is -0.507 e. The molecule has 8 heteroatoms. The average Bonchev–Trinajstić information content (AvgIpc) is 2.93. The molecule has 0 amide bonds. The SMILES string of the molecule is C[C@H]1CCCC(=O)CCCC=Cc2cc3c(c(O)c2C(=O)O1)[C@H](c1cc2cccc4c2n(c1=O)CCC4)CC(=O)O3. The lowest BCUT2D eigenvalue weighted by Gasteiger charge is -2.28. The molecular formula is C33H33NO7. The van der Waals surface area contributed by atoms with Crippen molar-refractivity contribution in [3.05, 3.63) is 74.6 Å². The van der Waals surface area contributed by atoms with Gasteiger partial charge in [-0.2, -0.15) is 0 Å². The van der Waals surface area contributed by atoms with Crippen LogP contribution in [0.25, 0.3) is 17.0 Å². The summed E-state index contributed by atoms with van der Waals surface area (Å²) < 4.78 is 13.1. The number of rotatable bonds is 1. The average molecular weight is 556 g/mol. The van der Waals surface area contributed by atoms with Crippen LogP contribution >= 0.6 is 0 Å². The van der Waals surface area contributed by atoms with Gasteiger partial charge < -0.3 is 19.1 Å². The molecule has 0 saturated carbocycles. The normalized spacial score (nSPS) is 21.4. The molecule has 41 heavy (non-hydrogen) atoms. The molecule has 0 fully saturated rings. The van der Waals surface area contributed by atoms with E-state index >= 15 is 0 Å². The molecule has 0 unspecified atom stereocenters. The predicted octanol–water partition coefficient (Wildman–Crippen LogP) is 5.58. The Balaban J connectivity index is 1.50. The number of benzene rings is 2. The van der Waals surface area contributed by atoms with Gasteiger partial charge in [0.1, 0.15) is 22.8 Å². The summed E-state index contributed by atoms with van der Waals surface area (Å²) in [6, 6.07) is 9.32. The molecule has 8 nitrogen and oxygen atoms in total. The van der Waals surface area contributed by atoms with Crippen LogP contribution in [0.15, 0.2) is 41.2 Å². The number of pyridine rings is 1. The van der Waals surface area contributed by atoms with Crippen LogP contribution in [0.2, 0.25) is 0 Å². The van der Waals surface area contributed by atoms with Crippen LogP contribution in [0.1, 0.15) is 96.8 Å². The zero-order valence-corrected chi connectivity index (χ0v) is 23.1. The van der Waals surface area contributed by atoms with E-state index in [4.69, 9.17) is 9.47 Å². The maximum atomic E-state index is 13.9. The smallest absolute Gasteiger partial charge is 0.342 e. The number of nitrogens with zero attached hydrogens (tertiary/aromatic N) is 1. The number of allylic oxidation sites excluding steroid dienone is 1. The number of aromatic nitrogens is 1. The van der Waals surface area contributed by atoms with Crippen LogP contribution in [0.3, 0.4) is 0 Å². The molecule has 0 bridgehead atoms. The molecule has 0 saturated heterocycles. The van der Waals surface area contributed by atoms with E-state index in [1.807, 2.05) is 30.3 Å². The number of phenols is 1. The van der Waals surface area contributed by atoms with Crippen molar-refractivity contribution >= 4 is 34.7 Å². The number of esters is 2. The van der Waals surface area contributed by atoms with Crippen LogP contribution in [0, 0.1) is 0 Å². The Morgan fingerprint density at radius 2 is 1.83 bits per heavy atom.